The summed E-state index contributed by atoms with van der Waals surface area (Å²) in [5.41, 5.74) is 1.57. The van der Waals surface area contributed by atoms with E-state index < -0.39 is 0 Å². The zero-order chi connectivity index (χ0) is 14.1. The van der Waals surface area contributed by atoms with Crippen LogP contribution >= 0.6 is 11.3 Å². The van der Waals surface area contributed by atoms with Gasteiger partial charge in [-0.25, -0.2) is 0 Å². The van der Waals surface area contributed by atoms with Crippen LogP contribution in [-0.4, -0.2) is 42.0 Å². The third-order valence-electron chi connectivity index (χ3n) is 5.16. The maximum Gasteiger partial charge on any atom is 0.0331 e. The molecule has 2 fully saturated rings. The molecule has 2 saturated heterocycles. The monoisotopic (exact) mass is 292 g/mol. The van der Waals surface area contributed by atoms with Crippen molar-refractivity contribution in [1.29, 1.82) is 0 Å². The molecule has 3 rings (SSSR count). The fraction of sp³-hybridized carbons (Fsp3) is 0.765. The van der Waals surface area contributed by atoms with E-state index in [-0.39, 0.29) is 0 Å². The Morgan fingerprint density at radius 2 is 1.95 bits per heavy atom. The van der Waals surface area contributed by atoms with Crippen molar-refractivity contribution >= 4 is 11.3 Å². The molecule has 0 amide bonds. The molecule has 0 spiro atoms. The second-order valence-corrected chi connectivity index (χ2v) is 8.04. The molecule has 0 saturated carbocycles. The van der Waals surface area contributed by atoms with E-state index in [1.807, 2.05) is 11.3 Å². The van der Waals surface area contributed by atoms with Gasteiger partial charge in [0.05, 0.1) is 0 Å². The molecule has 0 bridgehead atoms. The van der Waals surface area contributed by atoms with Crippen molar-refractivity contribution in [1.82, 2.24) is 9.80 Å². The first-order valence-electron chi connectivity index (χ1n) is 8.20. The SMILES string of the molecule is Cc1cc(C(C)N2CCCN3CCCCC3C2)c(C)s1. The topological polar surface area (TPSA) is 6.48 Å². The van der Waals surface area contributed by atoms with Gasteiger partial charge in [-0.2, -0.15) is 0 Å². The summed E-state index contributed by atoms with van der Waals surface area (Å²) < 4.78 is 0. The number of piperidine rings is 1. The van der Waals surface area contributed by atoms with Crippen LogP contribution in [0.25, 0.3) is 0 Å². The van der Waals surface area contributed by atoms with E-state index in [0.717, 1.165) is 6.04 Å². The molecule has 0 radical (unpaired) electrons. The minimum atomic E-state index is 0.585. The molecular formula is C17H28N2S. The Morgan fingerprint density at radius 3 is 2.70 bits per heavy atom. The molecule has 0 N–H and O–H groups in total. The average Bonchev–Trinajstić information content (AvgIpc) is 2.65. The van der Waals surface area contributed by atoms with Crippen LogP contribution in [0.3, 0.4) is 0 Å². The second kappa shape index (κ2) is 6.17. The smallest absolute Gasteiger partial charge is 0.0331 e. The summed E-state index contributed by atoms with van der Waals surface area (Å²) in [4.78, 5) is 8.46. The lowest BCUT2D eigenvalue weighted by Crippen LogP contribution is -2.44. The van der Waals surface area contributed by atoms with E-state index in [1.54, 1.807) is 5.56 Å². The number of hydrogen-bond acceptors (Lipinski definition) is 3. The molecule has 2 atom stereocenters. The lowest BCUT2D eigenvalue weighted by molar-refractivity contribution is 0.123. The summed E-state index contributed by atoms with van der Waals surface area (Å²) in [5.74, 6) is 0. The zero-order valence-corrected chi connectivity index (χ0v) is 14.0. The molecule has 1 aromatic heterocycles. The maximum absolute atomic E-state index is 2.75. The van der Waals surface area contributed by atoms with Gasteiger partial charge in [-0.05, 0) is 64.8 Å². The Kier molecular flexibility index (Phi) is 4.49. The van der Waals surface area contributed by atoms with Crippen molar-refractivity contribution in [2.24, 2.45) is 0 Å². The zero-order valence-electron chi connectivity index (χ0n) is 13.2. The van der Waals surface area contributed by atoms with Crippen molar-refractivity contribution in [3.63, 3.8) is 0 Å². The number of hydrogen-bond donors (Lipinski definition) is 0. The van der Waals surface area contributed by atoms with Crippen LogP contribution in [-0.2, 0) is 0 Å². The number of thiophene rings is 1. The van der Waals surface area contributed by atoms with Crippen LogP contribution in [0.4, 0.5) is 0 Å². The number of rotatable bonds is 2. The van der Waals surface area contributed by atoms with Gasteiger partial charge in [0.1, 0.15) is 0 Å². The molecule has 0 aromatic carbocycles. The molecule has 112 valence electrons. The molecule has 20 heavy (non-hydrogen) atoms. The van der Waals surface area contributed by atoms with Gasteiger partial charge in [0.15, 0.2) is 0 Å². The summed E-state index contributed by atoms with van der Waals surface area (Å²) in [6, 6.07) is 3.81. The van der Waals surface area contributed by atoms with E-state index in [2.05, 4.69) is 36.6 Å². The molecule has 2 unspecified atom stereocenters. The molecule has 2 nitrogen and oxygen atoms in total. The van der Waals surface area contributed by atoms with E-state index >= 15 is 0 Å². The van der Waals surface area contributed by atoms with Crippen LogP contribution in [0.1, 0.15) is 54.0 Å². The Hall–Kier alpha value is -0.380. The van der Waals surface area contributed by atoms with Gasteiger partial charge >= 0.3 is 0 Å². The summed E-state index contributed by atoms with van der Waals surface area (Å²) in [6.07, 6.45) is 5.59. The summed E-state index contributed by atoms with van der Waals surface area (Å²) in [6.45, 7) is 12.1. The third kappa shape index (κ3) is 2.95. The van der Waals surface area contributed by atoms with Crippen LogP contribution in [0.5, 0.6) is 0 Å². The lowest BCUT2D eigenvalue weighted by Gasteiger charge is -2.37. The van der Waals surface area contributed by atoms with Crippen molar-refractivity contribution in [2.45, 2.75) is 58.5 Å². The van der Waals surface area contributed by atoms with Gasteiger partial charge in [0.2, 0.25) is 0 Å². The Bertz CT molecular complexity index is 454. The molecule has 3 heterocycles. The fourth-order valence-electron chi connectivity index (χ4n) is 4.01. The first-order valence-corrected chi connectivity index (χ1v) is 9.02. The molecular weight excluding hydrogens is 264 g/mol. The minimum absolute atomic E-state index is 0.585. The first kappa shape index (κ1) is 14.6. The van der Waals surface area contributed by atoms with Crippen molar-refractivity contribution in [3.05, 3.63) is 21.4 Å². The number of nitrogens with zero attached hydrogens (tertiary/aromatic N) is 2. The van der Waals surface area contributed by atoms with Crippen LogP contribution in [0.15, 0.2) is 6.07 Å². The van der Waals surface area contributed by atoms with Crippen LogP contribution in [0.2, 0.25) is 0 Å². The van der Waals surface area contributed by atoms with Crippen molar-refractivity contribution in [3.8, 4) is 0 Å². The van der Waals surface area contributed by atoms with E-state index in [0.29, 0.717) is 6.04 Å². The third-order valence-corrected chi connectivity index (χ3v) is 6.14. The van der Waals surface area contributed by atoms with Gasteiger partial charge in [-0.1, -0.05) is 6.42 Å². The Morgan fingerprint density at radius 1 is 1.15 bits per heavy atom. The van der Waals surface area contributed by atoms with Crippen molar-refractivity contribution < 1.29 is 0 Å². The Labute approximate surface area is 127 Å². The van der Waals surface area contributed by atoms with E-state index in [1.165, 1.54) is 61.6 Å². The van der Waals surface area contributed by atoms with Gasteiger partial charge in [-0.15, -0.1) is 11.3 Å². The average molecular weight is 292 g/mol. The molecule has 3 heteroatoms. The predicted octanol–water partition coefficient (Wildman–Crippen LogP) is 3.99. The highest BCUT2D eigenvalue weighted by Gasteiger charge is 2.29. The van der Waals surface area contributed by atoms with E-state index in [9.17, 15) is 0 Å². The highest BCUT2D eigenvalue weighted by Crippen LogP contribution is 2.32. The quantitative estimate of drug-likeness (QED) is 0.813. The largest absolute Gasteiger partial charge is 0.299 e. The van der Waals surface area contributed by atoms with Gasteiger partial charge in [0.25, 0.3) is 0 Å². The van der Waals surface area contributed by atoms with Crippen LogP contribution in [0, 0.1) is 13.8 Å². The fourth-order valence-corrected chi connectivity index (χ4v) is 5.03. The highest BCUT2D eigenvalue weighted by atomic mass is 32.1. The maximum atomic E-state index is 2.75. The molecule has 2 aliphatic heterocycles. The highest BCUT2D eigenvalue weighted by molar-refractivity contribution is 7.12. The standard InChI is InChI=1S/C17H28N2S/c1-13-11-17(15(3)20-13)14(2)19-10-6-9-18-8-5-4-7-16(18)12-19/h11,14,16H,4-10,12H2,1-3H3. The number of fused-ring (bicyclic) bond motifs is 1. The Balaban J connectivity index is 1.74. The summed E-state index contributed by atoms with van der Waals surface area (Å²) >= 11 is 1.95. The van der Waals surface area contributed by atoms with Crippen molar-refractivity contribution in [2.75, 3.05) is 26.2 Å². The summed E-state index contributed by atoms with van der Waals surface area (Å²) in [7, 11) is 0. The normalized spacial score (nSPS) is 27.1. The predicted molar refractivity (Wildman–Crippen MR) is 87.6 cm³/mol. The minimum Gasteiger partial charge on any atom is -0.299 e. The summed E-state index contributed by atoms with van der Waals surface area (Å²) in [5, 5.41) is 0. The molecule has 0 aliphatic carbocycles. The van der Waals surface area contributed by atoms with E-state index in [4.69, 9.17) is 0 Å². The van der Waals surface area contributed by atoms with Crippen LogP contribution < -0.4 is 0 Å². The second-order valence-electron chi connectivity index (χ2n) is 6.58. The van der Waals surface area contributed by atoms with Gasteiger partial charge in [0, 0.05) is 34.9 Å². The van der Waals surface area contributed by atoms with Gasteiger partial charge < -0.3 is 0 Å². The first-order chi connectivity index (χ1) is 9.65. The lowest BCUT2D eigenvalue weighted by atomic mass is 10.0. The molecule has 2 aliphatic rings. The number of aryl methyl sites for hydroxylation is 2. The molecule has 1 aromatic rings. The van der Waals surface area contributed by atoms with Gasteiger partial charge in [-0.3, -0.25) is 9.80 Å².